The summed E-state index contributed by atoms with van der Waals surface area (Å²) in [7, 11) is 10.6. The molecule has 1 aliphatic heterocycles. The van der Waals surface area contributed by atoms with Gasteiger partial charge in [0.1, 0.15) is 0 Å². The number of amides is 1. The molecule has 1 unspecified atom stereocenters. The van der Waals surface area contributed by atoms with Crippen molar-refractivity contribution in [1.82, 2.24) is 23.7 Å². The molecule has 0 N–H and O–H groups in total. The SMILES string of the molecule is COc1cc(C2CC(c3cc(OC)c(OC)c(OC)c3)=NN2C=O)ccc1Oc1nc2c(c(=O)n(C)c(=O)n2C)n1C. The van der Waals surface area contributed by atoms with E-state index in [0.29, 0.717) is 52.9 Å². The van der Waals surface area contributed by atoms with E-state index < -0.39 is 17.3 Å². The maximum absolute atomic E-state index is 12.7. The molecule has 0 radical (unpaired) electrons. The zero-order valence-electron chi connectivity index (χ0n) is 24.2. The van der Waals surface area contributed by atoms with Gasteiger partial charge in [-0.15, -0.1) is 0 Å². The van der Waals surface area contributed by atoms with E-state index in [1.807, 2.05) is 0 Å². The number of aryl methyl sites for hydroxylation is 2. The van der Waals surface area contributed by atoms with Crippen molar-refractivity contribution in [2.75, 3.05) is 28.4 Å². The van der Waals surface area contributed by atoms with E-state index >= 15 is 0 Å². The largest absolute Gasteiger partial charge is 0.493 e. The van der Waals surface area contributed by atoms with Crippen LogP contribution < -0.4 is 34.9 Å². The van der Waals surface area contributed by atoms with Crippen LogP contribution in [0.15, 0.2) is 45.0 Å². The molecule has 0 saturated heterocycles. The van der Waals surface area contributed by atoms with Crippen LogP contribution in [0.4, 0.5) is 0 Å². The second kappa shape index (κ2) is 11.0. The van der Waals surface area contributed by atoms with Crippen molar-refractivity contribution in [3.8, 4) is 34.8 Å². The Balaban J connectivity index is 1.47. The lowest BCUT2D eigenvalue weighted by Gasteiger charge is -2.19. The van der Waals surface area contributed by atoms with E-state index in [1.165, 1.54) is 56.7 Å². The molecule has 1 amide bonds. The van der Waals surface area contributed by atoms with Gasteiger partial charge < -0.3 is 23.7 Å². The van der Waals surface area contributed by atoms with Gasteiger partial charge in [0.15, 0.2) is 34.2 Å². The van der Waals surface area contributed by atoms with E-state index in [0.717, 1.165) is 10.1 Å². The maximum Gasteiger partial charge on any atom is 0.332 e. The number of hydrogen-bond acceptors (Lipinski definition) is 10. The standard InChI is InChI=1S/C28H30N6O8/c1-31-23-25(32(2)28(37)33(3)26(23)36)29-27(31)42-19-9-8-15(10-20(19)38-4)18-13-17(30-34(18)14-35)16-11-21(39-5)24(41-7)22(12-16)40-6/h8-12,14,18H,13H2,1-7H3. The maximum atomic E-state index is 12.7. The van der Waals surface area contributed by atoms with Gasteiger partial charge in [-0.3, -0.25) is 23.3 Å². The molecule has 0 aliphatic carbocycles. The summed E-state index contributed by atoms with van der Waals surface area (Å²) in [5, 5.41) is 5.88. The van der Waals surface area contributed by atoms with Gasteiger partial charge in [-0.2, -0.15) is 10.1 Å². The number of rotatable bonds is 9. The molecule has 14 heteroatoms. The predicted octanol–water partition coefficient (Wildman–Crippen LogP) is 2.10. The van der Waals surface area contributed by atoms with Crippen molar-refractivity contribution in [3.05, 3.63) is 62.3 Å². The minimum absolute atomic E-state index is 0.0951. The minimum atomic E-state index is -0.497. The zero-order chi connectivity index (χ0) is 30.3. The molecule has 2 aromatic heterocycles. The third-order valence-corrected chi connectivity index (χ3v) is 7.26. The molecular formula is C28H30N6O8. The highest BCUT2D eigenvalue weighted by Crippen LogP contribution is 2.42. The van der Waals surface area contributed by atoms with Gasteiger partial charge in [-0.1, -0.05) is 6.07 Å². The Morgan fingerprint density at radius 2 is 1.50 bits per heavy atom. The third kappa shape index (κ3) is 4.50. The Kier molecular flexibility index (Phi) is 7.37. The number of aromatic nitrogens is 4. The fourth-order valence-corrected chi connectivity index (χ4v) is 4.98. The summed E-state index contributed by atoms with van der Waals surface area (Å²) in [5.74, 6) is 2.09. The van der Waals surface area contributed by atoms with E-state index in [9.17, 15) is 14.4 Å². The average molecular weight is 579 g/mol. The summed E-state index contributed by atoms with van der Waals surface area (Å²) < 4.78 is 31.8. The smallest absolute Gasteiger partial charge is 0.332 e. The van der Waals surface area contributed by atoms with Gasteiger partial charge in [0.25, 0.3) is 5.56 Å². The van der Waals surface area contributed by atoms with Crippen LogP contribution >= 0.6 is 0 Å². The van der Waals surface area contributed by atoms with Crippen molar-refractivity contribution >= 4 is 23.3 Å². The number of hydrazone groups is 1. The summed E-state index contributed by atoms with van der Waals surface area (Å²) in [6.45, 7) is 0. The van der Waals surface area contributed by atoms with Gasteiger partial charge in [0.05, 0.1) is 40.2 Å². The molecule has 4 aromatic rings. The van der Waals surface area contributed by atoms with Crippen LogP contribution in [0.5, 0.6) is 34.8 Å². The van der Waals surface area contributed by atoms with Gasteiger partial charge in [-0.25, -0.2) is 9.80 Å². The van der Waals surface area contributed by atoms with E-state index in [1.54, 1.807) is 37.4 Å². The van der Waals surface area contributed by atoms with E-state index in [4.69, 9.17) is 23.7 Å². The minimum Gasteiger partial charge on any atom is -0.493 e. The molecule has 0 bridgehead atoms. The fraction of sp³-hybridized carbons (Fsp3) is 0.321. The summed E-state index contributed by atoms with van der Waals surface area (Å²) in [5.41, 5.74) is 1.54. The number of imidazole rings is 1. The van der Waals surface area contributed by atoms with Crippen LogP contribution in [0, 0.1) is 0 Å². The number of fused-ring (bicyclic) bond motifs is 1. The van der Waals surface area contributed by atoms with E-state index in [2.05, 4.69) is 10.1 Å². The van der Waals surface area contributed by atoms with Crippen LogP contribution in [0.2, 0.25) is 0 Å². The van der Waals surface area contributed by atoms with Crippen molar-refractivity contribution in [2.45, 2.75) is 12.5 Å². The molecule has 2 aromatic carbocycles. The Hall–Kier alpha value is -5.27. The zero-order valence-corrected chi connectivity index (χ0v) is 24.2. The Morgan fingerprint density at radius 3 is 2.10 bits per heavy atom. The van der Waals surface area contributed by atoms with Crippen molar-refractivity contribution in [2.24, 2.45) is 26.2 Å². The Labute approximate surface area is 239 Å². The van der Waals surface area contributed by atoms with Crippen LogP contribution in [-0.4, -0.2) is 64.3 Å². The van der Waals surface area contributed by atoms with Gasteiger partial charge >= 0.3 is 11.7 Å². The highest BCUT2D eigenvalue weighted by molar-refractivity contribution is 6.03. The predicted molar refractivity (Wildman–Crippen MR) is 152 cm³/mol. The number of methoxy groups -OCH3 is 4. The van der Waals surface area contributed by atoms with Crippen molar-refractivity contribution in [3.63, 3.8) is 0 Å². The summed E-state index contributed by atoms with van der Waals surface area (Å²) >= 11 is 0. The van der Waals surface area contributed by atoms with Crippen molar-refractivity contribution < 1.29 is 28.5 Å². The number of nitrogens with zero attached hydrogens (tertiary/aromatic N) is 6. The fourth-order valence-electron chi connectivity index (χ4n) is 4.98. The number of carbonyl (C=O) groups is 1. The first-order chi connectivity index (χ1) is 20.2. The summed E-state index contributed by atoms with van der Waals surface area (Å²) in [6, 6.07) is 8.47. The molecule has 0 spiro atoms. The first-order valence-corrected chi connectivity index (χ1v) is 12.8. The number of benzene rings is 2. The van der Waals surface area contributed by atoms with Gasteiger partial charge in [0, 0.05) is 33.1 Å². The second-order valence-electron chi connectivity index (χ2n) is 9.51. The number of carbonyl (C=O) groups excluding carboxylic acids is 1. The first kappa shape index (κ1) is 28.3. The Bertz CT molecular complexity index is 1830. The lowest BCUT2D eigenvalue weighted by atomic mass is 9.97. The number of hydrogen-bond donors (Lipinski definition) is 0. The molecule has 1 atom stereocenters. The monoisotopic (exact) mass is 578 g/mol. The molecule has 220 valence electrons. The topological polar surface area (TPSA) is 141 Å². The first-order valence-electron chi connectivity index (χ1n) is 12.8. The molecule has 14 nitrogen and oxygen atoms in total. The Morgan fingerprint density at radius 1 is 0.833 bits per heavy atom. The van der Waals surface area contributed by atoms with Gasteiger partial charge in [0.2, 0.25) is 12.2 Å². The quantitative estimate of drug-likeness (QED) is 0.273. The lowest BCUT2D eigenvalue weighted by Crippen LogP contribution is -2.37. The highest BCUT2D eigenvalue weighted by Gasteiger charge is 2.31. The molecule has 0 fully saturated rings. The summed E-state index contributed by atoms with van der Waals surface area (Å²) in [6.07, 6.45) is 1.07. The second-order valence-corrected chi connectivity index (χ2v) is 9.51. The normalized spacial score (nSPS) is 14.6. The molecule has 42 heavy (non-hydrogen) atoms. The molecule has 3 heterocycles. The van der Waals surface area contributed by atoms with Crippen molar-refractivity contribution in [1.29, 1.82) is 0 Å². The van der Waals surface area contributed by atoms with Crippen LogP contribution in [-0.2, 0) is 25.9 Å². The van der Waals surface area contributed by atoms with Crippen LogP contribution in [0.25, 0.3) is 11.2 Å². The summed E-state index contributed by atoms with van der Waals surface area (Å²) in [4.78, 5) is 41.5. The van der Waals surface area contributed by atoms with Gasteiger partial charge in [-0.05, 0) is 29.8 Å². The third-order valence-electron chi connectivity index (χ3n) is 7.26. The molecule has 0 saturated carbocycles. The van der Waals surface area contributed by atoms with Crippen LogP contribution in [0.3, 0.4) is 0 Å². The lowest BCUT2D eigenvalue weighted by molar-refractivity contribution is -0.119. The molecular weight excluding hydrogens is 548 g/mol. The molecule has 1 aliphatic rings. The molecule has 5 rings (SSSR count). The van der Waals surface area contributed by atoms with Crippen LogP contribution in [0.1, 0.15) is 23.6 Å². The average Bonchev–Trinajstić information content (AvgIpc) is 3.59. The highest BCUT2D eigenvalue weighted by atomic mass is 16.5. The van der Waals surface area contributed by atoms with E-state index in [-0.39, 0.29) is 17.2 Å². The number of ether oxygens (including phenoxy) is 5.